The van der Waals surface area contributed by atoms with Crippen LogP contribution in [0.3, 0.4) is 0 Å². The number of ether oxygens (including phenoxy) is 2. The molecule has 0 unspecified atom stereocenters. The van der Waals surface area contributed by atoms with Crippen molar-refractivity contribution in [2.24, 2.45) is 0 Å². The lowest BCUT2D eigenvalue weighted by molar-refractivity contribution is 0.103. The second kappa shape index (κ2) is 9.06. The molecule has 4 rings (SSSR count). The molecule has 0 aliphatic rings. The van der Waals surface area contributed by atoms with Gasteiger partial charge in [-0.25, -0.2) is 4.98 Å². The van der Waals surface area contributed by atoms with E-state index in [1.54, 1.807) is 49.0 Å². The molecule has 8 heteroatoms. The number of rotatable bonds is 7. The summed E-state index contributed by atoms with van der Waals surface area (Å²) in [5.74, 6) is 0.944. The quantitative estimate of drug-likeness (QED) is 0.418. The molecule has 1 N–H and O–H groups in total. The molecule has 1 amide bonds. The summed E-state index contributed by atoms with van der Waals surface area (Å²) in [6, 6.07) is 11.1. The number of hydrogen-bond donors (Lipinski definition) is 1. The first-order valence-electron chi connectivity index (χ1n) is 9.15. The minimum Gasteiger partial charge on any atom is -0.493 e. The van der Waals surface area contributed by atoms with Crippen LogP contribution in [0.25, 0.3) is 10.6 Å². The SMILES string of the molecule is COc1ccc(NC(=O)c2sc(-c3ccsc3)nc2C)cc1OCc1ccncc1. The van der Waals surface area contributed by atoms with Crippen molar-refractivity contribution in [3.8, 4) is 22.1 Å². The predicted molar refractivity (Wildman–Crippen MR) is 120 cm³/mol. The van der Waals surface area contributed by atoms with Gasteiger partial charge in [0.05, 0.1) is 12.8 Å². The second-order valence-electron chi connectivity index (χ2n) is 6.41. The van der Waals surface area contributed by atoms with Gasteiger partial charge in [-0.05, 0) is 48.2 Å². The molecule has 30 heavy (non-hydrogen) atoms. The lowest BCUT2D eigenvalue weighted by Gasteiger charge is -2.13. The monoisotopic (exact) mass is 437 g/mol. The maximum atomic E-state index is 12.8. The Labute approximate surface area is 182 Å². The minimum atomic E-state index is -0.197. The number of methoxy groups -OCH3 is 1. The van der Waals surface area contributed by atoms with Crippen LogP contribution in [0.1, 0.15) is 20.9 Å². The Bertz CT molecular complexity index is 1140. The van der Waals surface area contributed by atoms with Crippen LogP contribution in [0.4, 0.5) is 5.69 Å². The molecule has 6 nitrogen and oxygen atoms in total. The van der Waals surface area contributed by atoms with Gasteiger partial charge >= 0.3 is 0 Å². The molecule has 0 atom stereocenters. The lowest BCUT2D eigenvalue weighted by Crippen LogP contribution is -2.11. The van der Waals surface area contributed by atoms with E-state index in [1.165, 1.54) is 11.3 Å². The largest absolute Gasteiger partial charge is 0.493 e. The summed E-state index contributed by atoms with van der Waals surface area (Å²) in [6.07, 6.45) is 3.43. The molecule has 0 radical (unpaired) electrons. The number of amides is 1. The molecule has 0 bridgehead atoms. The van der Waals surface area contributed by atoms with E-state index in [4.69, 9.17) is 9.47 Å². The summed E-state index contributed by atoms with van der Waals surface area (Å²) in [6.45, 7) is 2.22. The van der Waals surface area contributed by atoms with Crippen molar-refractivity contribution in [1.29, 1.82) is 0 Å². The predicted octanol–water partition coefficient (Wildman–Crippen LogP) is 5.41. The first-order chi connectivity index (χ1) is 14.6. The first-order valence-corrected chi connectivity index (χ1v) is 10.9. The van der Waals surface area contributed by atoms with Crippen molar-refractivity contribution in [1.82, 2.24) is 9.97 Å². The molecule has 152 valence electrons. The Kier molecular flexibility index (Phi) is 6.06. The molecule has 1 aromatic carbocycles. The van der Waals surface area contributed by atoms with Crippen molar-refractivity contribution in [3.05, 3.63) is 75.7 Å². The number of benzene rings is 1. The summed E-state index contributed by atoms with van der Waals surface area (Å²) < 4.78 is 11.3. The average molecular weight is 438 g/mol. The van der Waals surface area contributed by atoms with Crippen molar-refractivity contribution in [2.45, 2.75) is 13.5 Å². The molecule has 3 aromatic heterocycles. The number of pyridine rings is 1. The molecule has 0 aliphatic heterocycles. The van der Waals surface area contributed by atoms with Crippen molar-refractivity contribution < 1.29 is 14.3 Å². The summed E-state index contributed by atoms with van der Waals surface area (Å²) in [5, 5.41) is 7.80. The van der Waals surface area contributed by atoms with Crippen molar-refractivity contribution in [3.63, 3.8) is 0 Å². The number of hydrogen-bond acceptors (Lipinski definition) is 7. The van der Waals surface area contributed by atoms with Gasteiger partial charge in [-0.15, -0.1) is 11.3 Å². The fourth-order valence-electron chi connectivity index (χ4n) is 2.81. The molecule has 0 fully saturated rings. The number of aromatic nitrogens is 2. The van der Waals surface area contributed by atoms with Crippen LogP contribution in [0, 0.1) is 6.92 Å². The molecule has 4 aromatic rings. The van der Waals surface area contributed by atoms with Crippen LogP contribution < -0.4 is 14.8 Å². The molecule has 3 heterocycles. The molecule has 0 spiro atoms. The molecule has 0 saturated heterocycles. The Hall–Kier alpha value is -3.23. The van der Waals surface area contributed by atoms with E-state index in [9.17, 15) is 4.79 Å². The zero-order chi connectivity index (χ0) is 20.9. The Balaban J connectivity index is 1.51. The van der Waals surface area contributed by atoms with Gasteiger partial charge in [0.1, 0.15) is 16.5 Å². The number of aryl methyl sites for hydroxylation is 1. The van der Waals surface area contributed by atoms with Crippen molar-refractivity contribution in [2.75, 3.05) is 12.4 Å². The number of thiophene rings is 1. The highest BCUT2D eigenvalue weighted by Gasteiger charge is 2.17. The number of anilines is 1. The van der Waals surface area contributed by atoms with Crippen LogP contribution in [0.15, 0.2) is 59.6 Å². The first kappa shape index (κ1) is 20.1. The normalized spacial score (nSPS) is 10.6. The number of carbonyl (C=O) groups is 1. The summed E-state index contributed by atoms with van der Waals surface area (Å²) >= 11 is 2.99. The number of nitrogens with zero attached hydrogens (tertiary/aromatic N) is 2. The van der Waals surface area contributed by atoms with E-state index in [-0.39, 0.29) is 5.91 Å². The van der Waals surface area contributed by atoms with Crippen LogP contribution in [0.2, 0.25) is 0 Å². The zero-order valence-corrected chi connectivity index (χ0v) is 18.0. The van der Waals surface area contributed by atoms with E-state index in [0.717, 1.165) is 16.1 Å². The van der Waals surface area contributed by atoms with E-state index in [1.807, 2.05) is 35.9 Å². The van der Waals surface area contributed by atoms with Gasteiger partial charge in [0, 0.05) is 35.1 Å². The molecule has 0 saturated carbocycles. The fourth-order valence-corrected chi connectivity index (χ4v) is 4.48. The highest BCUT2D eigenvalue weighted by molar-refractivity contribution is 7.17. The van der Waals surface area contributed by atoms with Crippen molar-refractivity contribution >= 4 is 34.3 Å². The second-order valence-corrected chi connectivity index (χ2v) is 8.19. The topological polar surface area (TPSA) is 73.3 Å². The van der Waals surface area contributed by atoms with Gasteiger partial charge < -0.3 is 14.8 Å². The molecule has 0 aliphatic carbocycles. The zero-order valence-electron chi connectivity index (χ0n) is 16.4. The third-order valence-electron chi connectivity index (χ3n) is 4.34. The van der Waals surface area contributed by atoms with Crippen LogP contribution in [-0.4, -0.2) is 23.0 Å². The number of thiazole rings is 1. The van der Waals surface area contributed by atoms with Gasteiger partial charge in [-0.3, -0.25) is 9.78 Å². The molecular formula is C22H19N3O3S2. The van der Waals surface area contributed by atoms with E-state index < -0.39 is 0 Å². The van der Waals surface area contributed by atoms with Gasteiger partial charge in [-0.2, -0.15) is 11.3 Å². The Morgan fingerprint density at radius 1 is 1.13 bits per heavy atom. The Morgan fingerprint density at radius 2 is 1.97 bits per heavy atom. The number of carbonyl (C=O) groups excluding carboxylic acids is 1. The maximum Gasteiger partial charge on any atom is 0.267 e. The highest BCUT2D eigenvalue weighted by atomic mass is 32.1. The van der Waals surface area contributed by atoms with Gasteiger partial charge in [-0.1, -0.05) is 0 Å². The third-order valence-corrected chi connectivity index (χ3v) is 6.22. The Morgan fingerprint density at radius 3 is 2.70 bits per heavy atom. The van der Waals surface area contributed by atoms with E-state index in [2.05, 4.69) is 15.3 Å². The van der Waals surface area contributed by atoms with E-state index in [0.29, 0.717) is 34.4 Å². The molecular weight excluding hydrogens is 418 g/mol. The van der Waals surface area contributed by atoms with Gasteiger partial charge in [0.2, 0.25) is 0 Å². The number of nitrogens with one attached hydrogen (secondary N) is 1. The van der Waals surface area contributed by atoms with Gasteiger partial charge in [0.15, 0.2) is 11.5 Å². The minimum absolute atomic E-state index is 0.197. The van der Waals surface area contributed by atoms with Gasteiger partial charge in [0.25, 0.3) is 5.91 Å². The fraction of sp³-hybridized carbons (Fsp3) is 0.136. The highest BCUT2D eigenvalue weighted by Crippen LogP contribution is 2.33. The van der Waals surface area contributed by atoms with E-state index >= 15 is 0 Å². The van der Waals surface area contributed by atoms with Crippen LogP contribution >= 0.6 is 22.7 Å². The van der Waals surface area contributed by atoms with Crippen LogP contribution in [0.5, 0.6) is 11.5 Å². The smallest absolute Gasteiger partial charge is 0.267 e. The van der Waals surface area contributed by atoms with Crippen LogP contribution in [-0.2, 0) is 6.61 Å². The summed E-state index contributed by atoms with van der Waals surface area (Å²) in [5.41, 5.74) is 3.35. The maximum absolute atomic E-state index is 12.8. The summed E-state index contributed by atoms with van der Waals surface area (Å²) in [7, 11) is 1.58. The lowest BCUT2D eigenvalue weighted by atomic mass is 10.2. The standard InChI is InChI=1S/C22H19N3O3S2/c1-14-20(30-22(24-14)16-7-10-29-13-16)21(26)25-17-3-4-18(27-2)19(11-17)28-12-15-5-8-23-9-6-15/h3-11,13H,12H2,1-2H3,(H,25,26). The third kappa shape index (κ3) is 4.50. The summed E-state index contributed by atoms with van der Waals surface area (Å²) in [4.78, 5) is 22.0. The average Bonchev–Trinajstić information content (AvgIpc) is 3.43.